The summed E-state index contributed by atoms with van der Waals surface area (Å²) in [6, 6.07) is 0.507. The Balaban J connectivity index is 2.11. The van der Waals surface area contributed by atoms with Crippen molar-refractivity contribution in [1.82, 2.24) is 5.32 Å². The molecule has 0 saturated heterocycles. The smallest absolute Gasteiger partial charge is 0.320 e. The largest absolute Gasteiger partial charge is 0.345 e. The highest BCUT2D eigenvalue weighted by molar-refractivity contribution is 4.77. The molecule has 2 nitrogen and oxygen atoms in total. The lowest BCUT2D eigenvalue weighted by molar-refractivity contribution is -0.170. The van der Waals surface area contributed by atoms with Gasteiger partial charge in [-0.25, -0.2) is 0 Å². The van der Waals surface area contributed by atoms with E-state index in [2.05, 4.69) is 17.0 Å². The molecule has 0 amide bonds. The Morgan fingerprint density at radius 3 is 2.43 bits per heavy atom. The Bertz CT molecular complexity index is 147. The fourth-order valence-electron chi connectivity index (χ4n) is 1.90. The van der Waals surface area contributed by atoms with Gasteiger partial charge in [-0.2, -0.15) is 8.78 Å². The molecule has 1 aliphatic carbocycles. The highest BCUT2D eigenvalue weighted by Gasteiger charge is 2.23. The minimum absolute atomic E-state index is 0.227. The van der Waals surface area contributed by atoms with Gasteiger partial charge in [0.25, 0.3) is 0 Å². The average molecular weight is 207 g/mol. The molecule has 1 saturated carbocycles. The summed E-state index contributed by atoms with van der Waals surface area (Å²) in [6.45, 7) is 0.531. The van der Waals surface area contributed by atoms with Crippen molar-refractivity contribution in [2.24, 2.45) is 0 Å². The van der Waals surface area contributed by atoms with E-state index in [1.54, 1.807) is 0 Å². The summed E-state index contributed by atoms with van der Waals surface area (Å²) in [5.74, 6) is 0. The summed E-state index contributed by atoms with van der Waals surface area (Å²) < 4.78 is 28.2. The summed E-state index contributed by atoms with van der Waals surface area (Å²) in [4.78, 5) is 0. The summed E-state index contributed by atoms with van der Waals surface area (Å²) >= 11 is 0. The Kier molecular flexibility index (Phi) is 5.33. The zero-order valence-electron chi connectivity index (χ0n) is 8.64. The van der Waals surface area contributed by atoms with Gasteiger partial charge in [-0.1, -0.05) is 6.92 Å². The lowest BCUT2D eigenvalue weighted by Gasteiger charge is -2.28. The molecule has 4 heteroatoms. The monoisotopic (exact) mass is 207 g/mol. The molecular weight excluding hydrogens is 188 g/mol. The molecule has 0 bridgehead atoms. The number of alkyl halides is 2. The SMILES string of the molecule is CCCNC1CCC(OC(F)F)CC1. The molecule has 0 atom stereocenters. The predicted octanol–water partition coefficient (Wildman–Crippen LogP) is 2.54. The number of ether oxygens (including phenoxy) is 1. The quantitative estimate of drug-likeness (QED) is 0.748. The molecule has 0 aromatic carbocycles. The topological polar surface area (TPSA) is 21.3 Å². The van der Waals surface area contributed by atoms with E-state index in [0.717, 1.165) is 38.6 Å². The van der Waals surface area contributed by atoms with E-state index in [4.69, 9.17) is 0 Å². The van der Waals surface area contributed by atoms with Crippen LogP contribution in [0.25, 0.3) is 0 Å². The van der Waals surface area contributed by atoms with Gasteiger partial charge in [0.15, 0.2) is 0 Å². The van der Waals surface area contributed by atoms with E-state index in [1.165, 1.54) is 0 Å². The Morgan fingerprint density at radius 1 is 1.29 bits per heavy atom. The highest BCUT2D eigenvalue weighted by atomic mass is 19.3. The van der Waals surface area contributed by atoms with Crippen LogP contribution in [0.5, 0.6) is 0 Å². The van der Waals surface area contributed by atoms with Crippen molar-refractivity contribution in [3.63, 3.8) is 0 Å². The fourth-order valence-corrected chi connectivity index (χ4v) is 1.90. The first kappa shape index (κ1) is 11.9. The van der Waals surface area contributed by atoms with Crippen LogP contribution in [0, 0.1) is 0 Å². The lowest BCUT2D eigenvalue weighted by atomic mass is 9.93. The lowest BCUT2D eigenvalue weighted by Crippen LogP contribution is -2.36. The van der Waals surface area contributed by atoms with E-state index in [9.17, 15) is 8.78 Å². The van der Waals surface area contributed by atoms with Crippen LogP contribution in [-0.4, -0.2) is 25.3 Å². The van der Waals surface area contributed by atoms with Gasteiger partial charge in [-0.05, 0) is 38.6 Å². The average Bonchev–Trinajstić information content (AvgIpc) is 2.16. The molecule has 0 aromatic rings. The summed E-state index contributed by atoms with van der Waals surface area (Å²) in [6.07, 6.45) is 4.31. The third kappa shape index (κ3) is 4.33. The van der Waals surface area contributed by atoms with Crippen LogP contribution >= 0.6 is 0 Å². The first-order valence-electron chi connectivity index (χ1n) is 5.39. The first-order chi connectivity index (χ1) is 6.72. The van der Waals surface area contributed by atoms with Crippen LogP contribution in [0.4, 0.5) is 8.78 Å². The van der Waals surface area contributed by atoms with E-state index in [-0.39, 0.29) is 6.10 Å². The standard InChI is InChI=1S/C10H19F2NO/c1-2-7-13-8-3-5-9(6-4-8)14-10(11)12/h8-10,13H,2-7H2,1H3. The number of hydrogen-bond donors (Lipinski definition) is 1. The van der Waals surface area contributed by atoms with Crippen LogP contribution in [0.1, 0.15) is 39.0 Å². The molecule has 84 valence electrons. The molecule has 0 unspecified atom stereocenters. The van der Waals surface area contributed by atoms with Gasteiger partial charge in [0.2, 0.25) is 0 Å². The van der Waals surface area contributed by atoms with Crippen LogP contribution in [0.15, 0.2) is 0 Å². The van der Waals surface area contributed by atoms with Crippen LogP contribution in [0.3, 0.4) is 0 Å². The number of halogens is 2. The van der Waals surface area contributed by atoms with E-state index < -0.39 is 6.61 Å². The molecule has 0 spiro atoms. The Labute approximate surface area is 84.0 Å². The van der Waals surface area contributed by atoms with Crippen molar-refractivity contribution in [2.45, 2.75) is 57.8 Å². The molecule has 1 aliphatic rings. The zero-order chi connectivity index (χ0) is 10.4. The Hall–Kier alpha value is -0.220. The van der Waals surface area contributed by atoms with E-state index in [0.29, 0.717) is 6.04 Å². The molecule has 0 radical (unpaired) electrons. The predicted molar refractivity (Wildman–Crippen MR) is 51.4 cm³/mol. The maximum Gasteiger partial charge on any atom is 0.345 e. The molecule has 1 N–H and O–H groups in total. The van der Waals surface area contributed by atoms with Crippen LogP contribution in [0.2, 0.25) is 0 Å². The second kappa shape index (κ2) is 6.30. The molecule has 0 aromatic heterocycles. The third-order valence-corrected chi connectivity index (χ3v) is 2.65. The summed E-state index contributed by atoms with van der Waals surface area (Å²) in [5, 5.41) is 3.40. The number of rotatable bonds is 5. The van der Waals surface area contributed by atoms with Crippen LogP contribution in [-0.2, 0) is 4.74 Å². The summed E-state index contributed by atoms with van der Waals surface area (Å²) in [7, 11) is 0. The van der Waals surface area contributed by atoms with E-state index >= 15 is 0 Å². The molecule has 1 rings (SSSR count). The molecule has 14 heavy (non-hydrogen) atoms. The normalized spacial score (nSPS) is 28.3. The van der Waals surface area contributed by atoms with Crippen molar-refractivity contribution in [2.75, 3.05) is 6.54 Å². The second-order valence-corrected chi connectivity index (χ2v) is 3.82. The van der Waals surface area contributed by atoms with Crippen molar-refractivity contribution in [3.8, 4) is 0 Å². The van der Waals surface area contributed by atoms with Gasteiger partial charge >= 0.3 is 6.61 Å². The minimum atomic E-state index is -2.61. The molecule has 0 aliphatic heterocycles. The van der Waals surface area contributed by atoms with Crippen LogP contribution < -0.4 is 5.32 Å². The first-order valence-corrected chi connectivity index (χ1v) is 5.39. The number of hydrogen-bond acceptors (Lipinski definition) is 2. The zero-order valence-corrected chi connectivity index (χ0v) is 8.64. The molecular formula is C10H19F2NO. The van der Waals surface area contributed by atoms with Gasteiger partial charge in [0.05, 0.1) is 6.10 Å². The van der Waals surface area contributed by atoms with Gasteiger partial charge in [0, 0.05) is 6.04 Å². The summed E-state index contributed by atoms with van der Waals surface area (Å²) in [5.41, 5.74) is 0. The minimum Gasteiger partial charge on any atom is -0.320 e. The van der Waals surface area contributed by atoms with Gasteiger partial charge in [-0.3, -0.25) is 0 Å². The second-order valence-electron chi connectivity index (χ2n) is 3.82. The number of nitrogens with one attached hydrogen (secondary N) is 1. The van der Waals surface area contributed by atoms with Crippen molar-refractivity contribution in [3.05, 3.63) is 0 Å². The maximum absolute atomic E-state index is 11.9. The van der Waals surface area contributed by atoms with E-state index in [1.807, 2.05) is 0 Å². The molecule has 1 fully saturated rings. The van der Waals surface area contributed by atoms with Gasteiger partial charge in [0.1, 0.15) is 0 Å². The third-order valence-electron chi connectivity index (χ3n) is 2.65. The van der Waals surface area contributed by atoms with Gasteiger partial charge < -0.3 is 10.1 Å². The molecule has 0 heterocycles. The maximum atomic E-state index is 11.9. The van der Waals surface area contributed by atoms with Crippen molar-refractivity contribution in [1.29, 1.82) is 0 Å². The Morgan fingerprint density at radius 2 is 1.93 bits per heavy atom. The fraction of sp³-hybridized carbons (Fsp3) is 1.00. The van der Waals surface area contributed by atoms with Crippen molar-refractivity contribution < 1.29 is 13.5 Å². The van der Waals surface area contributed by atoms with Crippen molar-refractivity contribution >= 4 is 0 Å². The highest BCUT2D eigenvalue weighted by Crippen LogP contribution is 2.22. The van der Waals surface area contributed by atoms with Gasteiger partial charge in [-0.15, -0.1) is 0 Å².